The van der Waals surface area contributed by atoms with Crippen LogP contribution in [0.1, 0.15) is 99.0 Å². The first kappa shape index (κ1) is 61.8. The first-order valence-electron chi connectivity index (χ1n) is 27.2. The first-order chi connectivity index (χ1) is 40.5. The molecule has 446 valence electrons. The van der Waals surface area contributed by atoms with Gasteiger partial charge < -0.3 is 39.4 Å². The summed E-state index contributed by atoms with van der Waals surface area (Å²) in [6.45, 7) is 2.76. The molecule has 0 bridgehead atoms. The third kappa shape index (κ3) is 13.6. The summed E-state index contributed by atoms with van der Waals surface area (Å²) in [5.41, 5.74) is 2.25. The number of aliphatic hydroxyl groups excluding tert-OH is 4. The van der Waals surface area contributed by atoms with Crippen molar-refractivity contribution < 1.29 is 48.2 Å². The minimum absolute atomic E-state index is 0.0550. The zero-order valence-corrected chi connectivity index (χ0v) is 49.7. The van der Waals surface area contributed by atoms with Crippen molar-refractivity contribution in [2.24, 2.45) is 0 Å². The van der Waals surface area contributed by atoms with Gasteiger partial charge in [-0.05, 0) is 87.4 Å². The number of unbranched alkanes of at least 4 members (excludes halogenated alkanes) is 7. The molecule has 20 nitrogen and oxygen atoms in total. The molecule has 2 fully saturated rings. The molecule has 10 atom stereocenters. The van der Waals surface area contributed by atoms with Gasteiger partial charge >= 0.3 is 0 Å². The minimum atomic E-state index is -1.35. The Morgan fingerprint density at radius 2 is 0.905 bits per heavy atom. The number of aliphatic hydroxyl groups is 4. The SMILES string of the molecule is Cc1nc(C2OC(CO)C(O)C(n3cc(-c4ccc(Cl)c(F)c4)nn3)C2OCCCCCCCCCCOC2C(c3nc(C)nn3-c3cc(Cl)ccc3Cl)OC(CO)C(O)C2n2cc(-c3ccc(Cl)c(F)c3)nn2)n(-c2cc(Cl)ccc2Cl)n1. The lowest BCUT2D eigenvalue weighted by atomic mass is 9.91. The van der Waals surface area contributed by atoms with E-state index in [1.165, 1.54) is 43.0 Å². The number of rotatable bonds is 23. The zero-order chi connectivity index (χ0) is 59.3. The Balaban J connectivity index is 0.795. The standard InChI is InChI=1S/C56H58Cl6F2N12O8/c1-29-65-55(75(69-29)43-23-33(57)13-17-37(43)61)53-51(47(49(79)45(27-77)83-53)73-25-41(67-71-73)31-11-15-35(59)39(63)21-31)81-19-9-7-5-3-4-6-8-10-20-82-52-48(74-26-42(68-72-74)32-12-16-36(60)40(64)22-32)50(80)46(28-78)84-54(52)56-66-30(2)70-76(56)44-24-34(58)14-18-38(44)62/h11-18,21-26,45-54,77-80H,3-10,19-20,27-28H2,1-2H3. The van der Waals surface area contributed by atoms with Crippen LogP contribution in [0.25, 0.3) is 33.9 Å². The first-order valence-corrected chi connectivity index (χ1v) is 29.4. The molecule has 0 radical (unpaired) electrons. The predicted molar refractivity (Wildman–Crippen MR) is 309 cm³/mol. The molecule has 10 unspecified atom stereocenters. The largest absolute Gasteiger partial charge is 0.394 e. The highest BCUT2D eigenvalue weighted by Gasteiger charge is 2.51. The summed E-state index contributed by atoms with van der Waals surface area (Å²) in [5.74, 6) is 0.0372. The highest BCUT2D eigenvalue weighted by Crippen LogP contribution is 2.44. The van der Waals surface area contributed by atoms with Crippen molar-refractivity contribution in [3.8, 4) is 33.9 Å². The van der Waals surface area contributed by atoms with Gasteiger partial charge in [0.1, 0.15) is 95.6 Å². The van der Waals surface area contributed by atoms with Crippen LogP contribution in [0.2, 0.25) is 30.1 Å². The lowest BCUT2D eigenvalue weighted by molar-refractivity contribution is -0.224. The Hall–Kier alpha value is -5.28. The number of hydrogen-bond donors (Lipinski definition) is 4. The number of halogens is 8. The van der Waals surface area contributed by atoms with Crippen molar-refractivity contribution in [1.82, 2.24) is 59.5 Å². The van der Waals surface area contributed by atoms with E-state index in [0.717, 1.165) is 38.5 Å². The summed E-state index contributed by atoms with van der Waals surface area (Å²) in [7, 11) is 0. The molecule has 2 aliphatic rings. The molecule has 6 heterocycles. The van der Waals surface area contributed by atoms with Crippen molar-refractivity contribution in [2.75, 3.05) is 26.4 Å². The Kier molecular flexibility index (Phi) is 20.3. The molecule has 0 saturated carbocycles. The lowest BCUT2D eigenvalue weighted by Crippen LogP contribution is -2.54. The number of nitrogens with zero attached hydrogens (tertiary/aromatic N) is 12. The summed E-state index contributed by atoms with van der Waals surface area (Å²) in [6, 6.07) is 16.4. The summed E-state index contributed by atoms with van der Waals surface area (Å²) in [6.07, 6.45) is 0.631. The van der Waals surface area contributed by atoms with Crippen LogP contribution in [0.3, 0.4) is 0 Å². The number of aryl methyl sites for hydroxylation is 2. The van der Waals surface area contributed by atoms with Gasteiger partial charge in [0.25, 0.3) is 0 Å². The maximum atomic E-state index is 14.6. The summed E-state index contributed by atoms with van der Waals surface area (Å²) < 4.78 is 61.4. The molecule has 4 aromatic heterocycles. The monoisotopic (exact) mass is 1270 g/mol. The highest BCUT2D eigenvalue weighted by molar-refractivity contribution is 6.35. The van der Waals surface area contributed by atoms with Gasteiger partial charge in [-0.15, -0.1) is 10.2 Å². The average Bonchev–Trinajstić information content (AvgIpc) is 3.31. The van der Waals surface area contributed by atoms with Crippen LogP contribution in [-0.4, -0.2) is 143 Å². The van der Waals surface area contributed by atoms with Gasteiger partial charge in [0, 0.05) is 34.4 Å². The summed E-state index contributed by atoms with van der Waals surface area (Å²) in [5, 5.41) is 72.9. The fraction of sp³-hybridized carbons (Fsp3) is 0.429. The van der Waals surface area contributed by atoms with Crippen LogP contribution in [0.5, 0.6) is 0 Å². The van der Waals surface area contributed by atoms with E-state index in [9.17, 15) is 29.2 Å². The second-order valence-electron chi connectivity index (χ2n) is 20.5. The van der Waals surface area contributed by atoms with E-state index in [1.54, 1.807) is 74.8 Å². The Morgan fingerprint density at radius 1 is 0.524 bits per heavy atom. The minimum Gasteiger partial charge on any atom is -0.394 e. The van der Waals surface area contributed by atoms with Gasteiger partial charge in [-0.25, -0.2) is 37.5 Å². The molecule has 84 heavy (non-hydrogen) atoms. The van der Waals surface area contributed by atoms with Gasteiger partial charge in [0.15, 0.2) is 11.6 Å². The quantitative estimate of drug-likeness (QED) is 0.0435. The normalized spacial score (nSPS) is 22.7. The summed E-state index contributed by atoms with van der Waals surface area (Å²) >= 11 is 38.2. The van der Waals surface area contributed by atoms with Crippen LogP contribution in [0.4, 0.5) is 8.78 Å². The van der Waals surface area contributed by atoms with E-state index in [4.69, 9.17) is 98.5 Å². The predicted octanol–water partition coefficient (Wildman–Crippen LogP) is 10.8. The Bertz CT molecular complexity index is 3330. The second-order valence-corrected chi connectivity index (χ2v) is 23.0. The third-order valence-electron chi connectivity index (χ3n) is 14.7. The van der Waals surface area contributed by atoms with Crippen molar-refractivity contribution in [3.05, 3.63) is 150 Å². The van der Waals surface area contributed by atoms with E-state index in [2.05, 4.69) is 30.8 Å². The molecule has 10 rings (SSSR count). The van der Waals surface area contributed by atoms with E-state index < -0.39 is 85.8 Å². The molecular weight excluding hydrogens is 1220 g/mol. The Labute approximate surface area is 511 Å². The van der Waals surface area contributed by atoms with Crippen LogP contribution in [0.15, 0.2) is 85.2 Å². The molecule has 4 aromatic carbocycles. The summed E-state index contributed by atoms with van der Waals surface area (Å²) in [4.78, 5) is 9.49. The molecule has 2 saturated heterocycles. The zero-order valence-electron chi connectivity index (χ0n) is 45.2. The van der Waals surface area contributed by atoms with E-state index >= 15 is 0 Å². The van der Waals surface area contributed by atoms with Crippen molar-refractivity contribution in [2.45, 2.75) is 126 Å². The van der Waals surface area contributed by atoms with Gasteiger partial charge in [-0.3, -0.25) is 0 Å². The molecule has 8 aromatic rings. The lowest BCUT2D eigenvalue weighted by Gasteiger charge is -2.43. The van der Waals surface area contributed by atoms with E-state index in [-0.39, 0.29) is 34.9 Å². The van der Waals surface area contributed by atoms with Crippen LogP contribution in [-0.2, 0) is 18.9 Å². The van der Waals surface area contributed by atoms with Crippen molar-refractivity contribution in [1.29, 1.82) is 0 Å². The number of benzene rings is 4. The Morgan fingerprint density at radius 3 is 1.29 bits per heavy atom. The van der Waals surface area contributed by atoms with E-state index in [1.807, 2.05) is 0 Å². The van der Waals surface area contributed by atoms with Crippen molar-refractivity contribution >= 4 is 69.6 Å². The number of ether oxygens (including phenoxy) is 4. The van der Waals surface area contributed by atoms with Gasteiger partial charge in [0.05, 0.1) is 57.1 Å². The highest BCUT2D eigenvalue weighted by atomic mass is 35.5. The number of aromatic nitrogens is 12. The molecule has 0 aliphatic carbocycles. The maximum Gasteiger partial charge on any atom is 0.164 e. The van der Waals surface area contributed by atoms with Gasteiger partial charge in [0.2, 0.25) is 0 Å². The number of hydrogen-bond acceptors (Lipinski definition) is 16. The fourth-order valence-corrected chi connectivity index (χ4v) is 11.6. The molecule has 0 spiro atoms. The molecule has 2 aliphatic heterocycles. The molecule has 28 heteroatoms. The molecular formula is C56H58Cl6F2N12O8. The second kappa shape index (κ2) is 27.6. The van der Waals surface area contributed by atoms with Crippen LogP contribution in [0, 0.1) is 25.5 Å². The van der Waals surface area contributed by atoms with Gasteiger partial charge in [-0.1, -0.05) is 131 Å². The molecule has 0 amide bonds. The van der Waals surface area contributed by atoms with Gasteiger partial charge in [-0.2, -0.15) is 10.2 Å². The van der Waals surface area contributed by atoms with Crippen LogP contribution < -0.4 is 0 Å². The molecule has 4 N–H and O–H groups in total. The topological polar surface area (TPSA) is 241 Å². The third-order valence-corrected chi connectivity index (χ3v) is 16.4. The van der Waals surface area contributed by atoms with Crippen LogP contribution >= 0.6 is 69.6 Å². The maximum absolute atomic E-state index is 14.6. The average molecular weight is 1280 g/mol. The van der Waals surface area contributed by atoms with Crippen molar-refractivity contribution in [3.63, 3.8) is 0 Å². The van der Waals surface area contributed by atoms with E-state index in [0.29, 0.717) is 78.5 Å². The smallest absolute Gasteiger partial charge is 0.164 e. The fourth-order valence-electron chi connectivity index (χ4n) is 10.6.